The maximum absolute atomic E-state index is 13.6. The lowest BCUT2D eigenvalue weighted by atomic mass is 9.99. The number of ether oxygens (including phenoxy) is 1. The highest BCUT2D eigenvalue weighted by atomic mass is 19.1. The largest absolute Gasteiger partial charge is 0.473 e. The Hall–Kier alpha value is -2.35. The Balaban J connectivity index is 2.10. The van der Waals surface area contributed by atoms with Gasteiger partial charge in [0.25, 0.3) is 0 Å². The van der Waals surface area contributed by atoms with Crippen molar-refractivity contribution in [2.24, 2.45) is 0 Å². The van der Waals surface area contributed by atoms with Crippen molar-refractivity contribution in [3.63, 3.8) is 0 Å². The number of benzene rings is 1. The summed E-state index contributed by atoms with van der Waals surface area (Å²) in [5.41, 5.74) is 1.88. The van der Waals surface area contributed by atoms with E-state index in [-0.39, 0.29) is 12.2 Å². The highest BCUT2D eigenvalue weighted by Gasteiger charge is 2.05. The molecular formula is C14H10BFN2O. The van der Waals surface area contributed by atoms with Crippen LogP contribution in [0.25, 0.3) is 0 Å². The second kappa shape index (κ2) is 5.53. The Labute approximate surface area is 112 Å². The third-order valence-electron chi connectivity index (χ3n) is 2.67. The van der Waals surface area contributed by atoms with Gasteiger partial charge in [-0.2, -0.15) is 5.26 Å². The molecule has 0 fully saturated rings. The number of nitriles is 1. The van der Waals surface area contributed by atoms with Crippen LogP contribution >= 0.6 is 0 Å². The molecule has 2 rings (SSSR count). The Kier molecular flexibility index (Phi) is 3.81. The molecule has 1 aromatic heterocycles. The number of aromatic nitrogens is 1. The van der Waals surface area contributed by atoms with E-state index in [9.17, 15) is 4.39 Å². The first kappa shape index (κ1) is 13.1. The average molecular weight is 252 g/mol. The zero-order valence-electron chi connectivity index (χ0n) is 10.4. The molecule has 92 valence electrons. The van der Waals surface area contributed by atoms with Crippen molar-refractivity contribution >= 4 is 13.4 Å². The molecule has 0 amide bonds. The first-order valence-corrected chi connectivity index (χ1v) is 5.64. The summed E-state index contributed by atoms with van der Waals surface area (Å²) >= 11 is 0. The third-order valence-corrected chi connectivity index (χ3v) is 2.67. The van der Waals surface area contributed by atoms with Gasteiger partial charge in [-0.15, -0.1) is 0 Å². The van der Waals surface area contributed by atoms with Crippen molar-refractivity contribution in [1.29, 1.82) is 5.26 Å². The molecule has 5 heteroatoms. The Morgan fingerprint density at radius 3 is 2.79 bits per heavy atom. The molecular weight excluding hydrogens is 242 g/mol. The smallest absolute Gasteiger partial charge is 0.212 e. The van der Waals surface area contributed by atoms with Gasteiger partial charge in [-0.3, -0.25) is 0 Å². The fraction of sp³-hybridized carbons (Fsp3) is 0.143. The Morgan fingerprint density at radius 1 is 1.37 bits per heavy atom. The highest BCUT2D eigenvalue weighted by Crippen LogP contribution is 2.13. The summed E-state index contributed by atoms with van der Waals surface area (Å²) in [5, 5.41) is 8.65. The van der Waals surface area contributed by atoms with Crippen molar-refractivity contribution in [3.8, 4) is 11.9 Å². The Bertz CT molecular complexity index is 652. The second-order valence-corrected chi connectivity index (χ2v) is 4.06. The van der Waals surface area contributed by atoms with Gasteiger partial charge in [-0.25, -0.2) is 9.37 Å². The molecule has 0 saturated carbocycles. The molecule has 1 heterocycles. The Morgan fingerprint density at radius 2 is 2.16 bits per heavy atom. The molecule has 0 unspecified atom stereocenters. The zero-order chi connectivity index (χ0) is 13.8. The molecule has 3 nitrogen and oxygen atoms in total. The van der Waals surface area contributed by atoms with Gasteiger partial charge in [-0.1, -0.05) is 12.1 Å². The van der Waals surface area contributed by atoms with Crippen LogP contribution in [0, 0.1) is 24.1 Å². The summed E-state index contributed by atoms with van der Waals surface area (Å²) in [6.45, 7) is 1.87. The number of pyridine rings is 1. The molecule has 2 aromatic rings. The molecule has 0 atom stereocenters. The number of aryl methyl sites for hydroxylation is 1. The summed E-state index contributed by atoms with van der Waals surface area (Å²) in [6.07, 6.45) is 0. The lowest BCUT2D eigenvalue weighted by Gasteiger charge is -2.08. The van der Waals surface area contributed by atoms with Crippen LogP contribution in [0.2, 0.25) is 0 Å². The second-order valence-electron chi connectivity index (χ2n) is 4.06. The SMILES string of the molecule is [B]c1nc(OCc2ccc(C#N)cc2F)ccc1C. The molecule has 0 bridgehead atoms. The van der Waals surface area contributed by atoms with Gasteiger partial charge in [0.1, 0.15) is 20.3 Å². The van der Waals surface area contributed by atoms with E-state index in [0.717, 1.165) is 5.56 Å². The predicted molar refractivity (Wildman–Crippen MR) is 69.8 cm³/mol. The molecule has 19 heavy (non-hydrogen) atoms. The topological polar surface area (TPSA) is 45.9 Å². The van der Waals surface area contributed by atoms with Gasteiger partial charge in [0.2, 0.25) is 5.88 Å². The van der Waals surface area contributed by atoms with Crippen LogP contribution < -0.4 is 10.3 Å². The standard InChI is InChI=1S/C14H10BFN2O/c1-9-2-5-13(18-14(9)15)19-8-11-4-3-10(7-17)6-12(11)16/h2-6H,8H2,1H3. The average Bonchev–Trinajstić information content (AvgIpc) is 2.41. The van der Waals surface area contributed by atoms with Crippen molar-refractivity contribution < 1.29 is 9.13 Å². The van der Waals surface area contributed by atoms with Crippen molar-refractivity contribution in [1.82, 2.24) is 4.98 Å². The van der Waals surface area contributed by atoms with Gasteiger partial charge >= 0.3 is 0 Å². The minimum atomic E-state index is -0.473. The molecule has 0 spiro atoms. The van der Waals surface area contributed by atoms with Crippen molar-refractivity contribution in [2.45, 2.75) is 13.5 Å². The van der Waals surface area contributed by atoms with E-state index >= 15 is 0 Å². The van der Waals surface area contributed by atoms with Crippen molar-refractivity contribution in [2.75, 3.05) is 0 Å². The van der Waals surface area contributed by atoms with Crippen LogP contribution in [-0.2, 0) is 6.61 Å². The van der Waals surface area contributed by atoms with Gasteiger partial charge in [-0.05, 0) is 30.2 Å². The molecule has 0 N–H and O–H groups in total. The zero-order valence-corrected chi connectivity index (χ0v) is 10.4. The summed E-state index contributed by atoms with van der Waals surface area (Å²) in [4.78, 5) is 4.03. The minimum Gasteiger partial charge on any atom is -0.473 e. The van der Waals surface area contributed by atoms with E-state index in [1.165, 1.54) is 12.1 Å². The minimum absolute atomic E-state index is 0.0348. The van der Waals surface area contributed by atoms with E-state index in [1.807, 2.05) is 13.0 Å². The van der Waals surface area contributed by atoms with E-state index in [1.54, 1.807) is 18.2 Å². The number of hydrogen-bond donors (Lipinski definition) is 0. The first-order chi connectivity index (χ1) is 9.10. The number of halogens is 1. The van der Waals surface area contributed by atoms with Gasteiger partial charge < -0.3 is 4.74 Å². The van der Waals surface area contributed by atoms with Crippen molar-refractivity contribution in [3.05, 3.63) is 52.8 Å². The van der Waals surface area contributed by atoms with E-state index < -0.39 is 5.82 Å². The summed E-state index contributed by atoms with van der Waals surface area (Å²) < 4.78 is 19.0. The van der Waals surface area contributed by atoms with Crippen LogP contribution in [0.3, 0.4) is 0 Å². The maximum atomic E-state index is 13.6. The number of hydrogen-bond acceptors (Lipinski definition) is 3. The maximum Gasteiger partial charge on any atom is 0.212 e. The third kappa shape index (κ3) is 3.11. The van der Waals surface area contributed by atoms with Crippen LogP contribution in [0.4, 0.5) is 4.39 Å². The van der Waals surface area contributed by atoms with Crippen LogP contribution in [-0.4, -0.2) is 12.8 Å². The first-order valence-electron chi connectivity index (χ1n) is 5.64. The highest BCUT2D eigenvalue weighted by molar-refractivity contribution is 6.31. The molecule has 0 aliphatic rings. The van der Waals surface area contributed by atoms with E-state index in [0.29, 0.717) is 17.0 Å². The van der Waals surface area contributed by atoms with Crippen LogP contribution in [0.15, 0.2) is 30.3 Å². The summed E-state index contributed by atoms with van der Waals surface area (Å²) in [5.74, 6) is -0.133. The molecule has 2 radical (unpaired) electrons. The predicted octanol–water partition coefficient (Wildman–Crippen LogP) is 1.77. The van der Waals surface area contributed by atoms with E-state index in [4.69, 9.17) is 17.8 Å². The molecule has 0 aliphatic heterocycles. The lowest BCUT2D eigenvalue weighted by molar-refractivity contribution is 0.288. The summed E-state index contributed by atoms with van der Waals surface area (Å²) in [7, 11) is 5.66. The molecule has 1 aromatic carbocycles. The van der Waals surface area contributed by atoms with Crippen LogP contribution in [0.1, 0.15) is 16.7 Å². The van der Waals surface area contributed by atoms with Gasteiger partial charge in [0.05, 0.1) is 11.6 Å². The lowest BCUT2D eigenvalue weighted by Crippen LogP contribution is -2.13. The molecule has 0 aliphatic carbocycles. The number of rotatable bonds is 3. The van der Waals surface area contributed by atoms with Gasteiger partial charge in [0.15, 0.2) is 0 Å². The summed E-state index contributed by atoms with van der Waals surface area (Å²) in [6, 6.07) is 9.57. The van der Waals surface area contributed by atoms with E-state index in [2.05, 4.69) is 4.98 Å². The molecule has 0 saturated heterocycles. The monoisotopic (exact) mass is 252 g/mol. The quantitative estimate of drug-likeness (QED) is 0.782. The fourth-order valence-corrected chi connectivity index (χ4v) is 1.49. The normalized spacial score (nSPS) is 9.95. The van der Waals surface area contributed by atoms with Crippen LogP contribution in [0.5, 0.6) is 5.88 Å². The number of nitrogens with zero attached hydrogens (tertiary/aromatic N) is 2. The van der Waals surface area contributed by atoms with Gasteiger partial charge in [0, 0.05) is 11.6 Å². The fourth-order valence-electron chi connectivity index (χ4n) is 1.49.